The SMILES string of the molecule is O=C(Nc1ccncn1)C1(c2ccccc2)CCC1. The van der Waals surface area contributed by atoms with E-state index in [0.29, 0.717) is 5.82 Å². The van der Waals surface area contributed by atoms with Crippen LogP contribution in [0.2, 0.25) is 0 Å². The second-order valence-electron chi connectivity index (χ2n) is 4.85. The van der Waals surface area contributed by atoms with E-state index in [2.05, 4.69) is 15.3 Å². The van der Waals surface area contributed by atoms with Crippen LogP contribution in [0.25, 0.3) is 0 Å². The van der Waals surface area contributed by atoms with Gasteiger partial charge in [-0.05, 0) is 24.5 Å². The van der Waals surface area contributed by atoms with Gasteiger partial charge in [0.2, 0.25) is 5.91 Å². The number of nitrogens with zero attached hydrogens (tertiary/aromatic N) is 2. The molecule has 0 saturated heterocycles. The van der Waals surface area contributed by atoms with Gasteiger partial charge in [-0.1, -0.05) is 36.8 Å². The number of amides is 1. The van der Waals surface area contributed by atoms with Crippen molar-refractivity contribution in [3.05, 3.63) is 54.5 Å². The predicted octanol–water partition coefficient (Wildman–Crippen LogP) is 2.54. The van der Waals surface area contributed by atoms with Crippen molar-refractivity contribution in [2.45, 2.75) is 24.7 Å². The number of hydrogen-bond acceptors (Lipinski definition) is 3. The van der Waals surface area contributed by atoms with Crippen molar-refractivity contribution in [2.75, 3.05) is 5.32 Å². The summed E-state index contributed by atoms with van der Waals surface area (Å²) in [4.78, 5) is 20.4. The minimum Gasteiger partial charge on any atom is -0.310 e. The van der Waals surface area contributed by atoms with Crippen molar-refractivity contribution < 1.29 is 4.79 Å². The van der Waals surface area contributed by atoms with E-state index in [1.165, 1.54) is 6.33 Å². The maximum atomic E-state index is 12.5. The van der Waals surface area contributed by atoms with Crippen LogP contribution in [-0.4, -0.2) is 15.9 Å². The van der Waals surface area contributed by atoms with Gasteiger partial charge >= 0.3 is 0 Å². The molecular weight excluding hydrogens is 238 g/mol. The largest absolute Gasteiger partial charge is 0.310 e. The Kier molecular flexibility index (Phi) is 2.99. The summed E-state index contributed by atoms with van der Waals surface area (Å²) in [6.07, 6.45) is 5.94. The maximum absolute atomic E-state index is 12.5. The summed E-state index contributed by atoms with van der Waals surface area (Å²) in [5.41, 5.74) is 0.708. The van der Waals surface area contributed by atoms with Crippen LogP contribution in [0.1, 0.15) is 24.8 Å². The highest BCUT2D eigenvalue weighted by Gasteiger charge is 2.45. The molecule has 0 unspecified atom stereocenters. The smallest absolute Gasteiger partial charge is 0.236 e. The van der Waals surface area contributed by atoms with E-state index in [-0.39, 0.29) is 11.3 Å². The maximum Gasteiger partial charge on any atom is 0.236 e. The molecule has 0 atom stereocenters. The summed E-state index contributed by atoms with van der Waals surface area (Å²) in [6.45, 7) is 0. The lowest BCUT2D eigenvalue weighted by atomic mass is 9.64. The summed E-state index contributed by atoms with van der Waals surface area (Å²) >= 11 is 0. The van der Waals surface area contributed by atoms with Gasteiger partial charge in [-0.3, -0.25) is 4.79 Å². The number of carbonyl (C=O) groups is 1. The molecule has 2 aromatic rings. The van der Waals surface area contributed by atoms with Crippen LogP contribution in [0.3, 0.4) is 0 Å². The number of benzene rings is 1. The molecule has 0 radical (unpaired) electrons. The molecule has 3 rings (SSSR count). The molecule has 1 amide bonds. The highest BCUT2D eigenvalue weighted by atomic mass is 16.2. The van der Waals surface area contributed by atoms with Gasteiger partial charge < -0.3 is 5.32 Å². The summed E-state index contributed by atoms with van der Waals surface area (Å²) in [7, 11) is 0. The van der Waals surface area contributed by atoms with Gasteiger partial charge in [-0.25, -0.2) is 9.97 Å². The Bertz CT molecular complexity index is 564. The monoisotopic (exact) mass is 253 g/mol. The van der Waals surface area contributed by atoms with Crippen LogP contribution in [0.15, 0.2) is 48.9 Å². The third-order valence-corrected chi connectivity index (χ3v) is 3.79. The van der Waals surface area contributed by atoms with Gasteiger partial charge in [0, 0.05) is 6.20 Å². The topological polar surface area (TPSA) is 54.9 Å². The van der Waals surface area contributed by atoms with Crippen molar-refractivity contribution in [2.24, 2.45) is 0 Å². The van der Waals surface area contributed by atoms with Crippen LogP contribution in [0, 0.1) is 0 Å². The number of nitrogens with one attached hydrogen (secondary N) is 1. The molecule has 96 valence electrons. The Morgan fingerprint density at radius 1 is 1.16 bits per heavy atom. The number of carbonyl (C=O) groups excluding carboxylic acids is 1. The molecule has 1 saturated carbocycles. The van der Waals surface area contributed by atoms with Crippen molar-refractivity contribution in [1.82, 2.24) is 9.97 Å². The van der Waals surface area contributed by atoms with E-state index in [1.54, 1.807) is 12.3 Å². The molecule has 0 bridgehead atoms. The fourth-order valence-corrected chi connectivity index (χ4v) is 2.53. The zero-order valence-electron chi connectivity index (χ0n) is 10.5. The molecule has 4 heteroatoms. The quantitative estimate of drug-likeness (QED) is 0.914. The van der Waals surface area contributed by atoms with Gasteiger partial charge in [0.1, 0.15) is 12.1 Å². The summed E-state index contributed by atoms with van der Waals surface area (Å²) in [5.74, 6) is 0.589. The fraction of sp³-hybridized carbons (Fsp3) is 0.267. The van der Waals surface area contributed by atoms with Crippen LogP contribution < -0.4 is 5.32 Å². The molecule has 0 aliphatic heterocycles. The lowest BCUT2D eigenvalue weighted by Gasteiger charge is -2.40. The molecule has 1 aromatic carbocycles. The van der Waals surface area contributed by atoms with Crippen molar-refractivity contribution in [3.63, 3.8) is 0 Å². The number of rotatable bonds is 3. The average Bonchev–Trinajstić information content (AvgIpc) is 2.40. The third-order valence-electron chi connectivity index (χ3n) is 3.79. The Labute approximate surface area is 111 Å². The lowest BCUT2D eigenvalue weighted by Crippen LogP contribution is -2.46. The van der Waals surface area contributed by atoms with Gasteiger partial charge in [-0.15, -0.1) is 0 Å². The summed E-state index contributed by atoms with van der Waals surface area (Å²) in [6, 6.07) is 11.7. The van der Waals surface area contributed by atoms with Crippen LogP contribution in [0.4, 0.5) is 5.82 Å². The standard InChI is InChI=1S/C15H15N3O/c19-14(18-13-7-10-16-11-17-13)15(8-4-9-15)12-5-2-1-3-6-12/h1-3,5-7,10-11H,4,8-9H2,(H,16,17,18,19). The molecule has 1 heterocycles. The Hall–Kier alpha value is -2.23. The number of hydrogen-bond donors (Lipinski definition) is 1. The third kappa shape index (κ3) is 2.10. The van der Waals surface area contributed by atoms with Gasteiger partial charge in [-0.2, -0.15) is 0 Å². The number of anilines is 1. The normalized spacial score (nSPS) is 16.4. The molecule has 1 N–H and O–H groups in total. The first-order valence-corrected chi connectivity index (χ1v) is 6.44. The molecule has 1 aromatic heterocycles. The second kappa shape index (κ2) is 4.80. The zero-order chi connectivity index (χ0) is 13.1. The van der Waals surface area contributed by atoms with Gasteiger partial charge in [0.15, 0.2) is 0 Å². The first-order valence-electron chi connectivity index (χ1n) is 6.44. The number of aromatic nitrogens is 2. The van der Waals surface area contributed by atoms with E-state index in [4.69, 9.17) is 0 Å². The zero-order valence-corrected chi connectivity index (χ0v) is 10.5. The minimum atomic E-state index is -0.383. The molecule has 1 fully saturated rings. The average molecular weight is 253 g/mol. The van der Waals surface area contributed by atoms with Crippen molar-refractivity contribution in [1.29, 1.82) is 0 Å². The van der Waals surface area contributed by atoms with Crippen molar-refractivity contribution >= 4 is 11.7 Å². The Morgan fingerprint density at radius 3 is 2.53 bits per heavy atom. The van der Waals surface area contributed by atoms with E-state index in [1.807, 2.05) is 30.3 Å². The van der Waals surface area contributed by atoms with E-state index in [9.17, 15) is 4.79 Å². The summed E-state index contributed by atoms with van der Waals surface area (Å²) in [5, 5.41) is 2.89. The highest BCUT2D eigenvalue weighted by Crippen LogP contribution is 2.44. The molecule has 0 spiro atoms. The second-order valence-corrected chi connectivity index (χ2v) is 4.85. The lowest BCUT2D eigenvalue weighted by molar-refractivity contribution is -0.124. The van der Waals surface area contributed by atoms with Gasteiger partial charge in [0.25, 0.3) is 0 Å². The molecule has 1 aliphatic carbocycles. The molecular formula is C15H15N3O. The predicted molar refractivity (Wildman–Crippen MR) is 72.6 cm³/mol. The van der Waals surface area contributed by atoms with E-state index < -0.39 is 0 Å². The first kappa shape index (κ1) is 11.8. The van der Waals surface area contributed by atoms with Crippen LogP contribution >= 0.6 is 0 Å². The summed E-state index contributed by atoms with van der Waals surface area (Å²) < 4.78 is 0. The fourth-order valence-electron chi connectivity index (χ4n) is 2.53. The van der Waals surface area contributed by atoms with Crippen LogP contribution in [0.5, 0.6) is 0 Å². The van der Waals surface area contributed by atoms with Gasteiger partial charge in [0.05, 0.1) is 5.41 Å². The Morgan fingerprint density at radius 2 is 1.95 bits per heavy atom. The minimum absolute atomic E-state index is 0.0312. The highest BCUT2D eigenvalue weighted by molar-refractivity contribution is 5.99. The van der Waals surface area contributed by atoms with E-state index in [0.717, 1.165) is 24.8 Å². The Balaban J connectivity index is 1.85. The molecule has 19 heavy (non-hydrogen) atoms. The molecule has 4 nitrogen and oxygen atoms in total. The van der Waals surface area contributed by atoms with Crippen LogP contribution in [-0.2, 0) is 10.2 Å². The van der Waals surface area contributed by atoms with E-state index >= 15 is 0 Å². The van der Waals surface area contributed by atoms with Crippen molar-refractivity contribution in [3.8, 4) is 0 Å². The first-order chi connectivity index (χ1) is 9.31. The molecule has 1 aliphatic rings.